The molecule has 0 aliphatic heterocycles. The first-order valence-corrected chi connectivity index (χ1v) is 8.81. The van der Waals surface area contributed by atoms with Crippen LogP contribution in [0.4, 0.5) is 11.4 Å². The summed E-state index contributed by atoms with van der Waals surface area (Å²) in [6.45, 7) is 4.60. The number of nitrogen functional groups attached to an aromatic ring is 1. The Morgan fingerprint density at radius 2 is 1.86 bits per heavy atom. The second-order valence-electron chi connectivity index (χ2n) is 6.54. The van der Waals surface area contributed by atoms with Crippen molar-refractivity contribution >= 4 is 21.4 Å². The maximum absolute atomic E-state index is 11.7. The molecule has 0 radical (unpaired) electrons. The zero-order chi connectivity index (χ0) is 15.7. The van der Waals surface area contributed by atoms with Crippen LogP contribution in [0, 0.1) is 5.41 Å². The van der Waals surface area contributed by atoms with Crippen molar-refractivity contribution in [2.45, 2.75) is 50.5 Å². The molecule has 1 aromatic carbocycles. The highest BCUT2D eigenvalue weighted by Crippen LogP contribution is 2.36. The minimum atomic E-state index is -3.44. The molecule has 0 atom stereocenters. The van der Waals surface area contributed by atoms with Gasteiger partial charge in [-0.15, -0.1) is 0 Å². The zero-order valence-corrected chi connectivity index (χ0v) is 13.8. The molecule has 6 heteroatoms. The molecule has 5 nitrogen and oxygen atoms in total. The molecule has 0 heterocycles. The van der Waals surface area contributed by atoms with Crippen LogP contribution in [-0.4, -0.2) is 21.5 Å². The first kappa shape index (κ1) is 16.1. The van der Waals surface area contributed by atoms with Crippen molar-refractivity contribution < 1.29 is 8.42 Å². The van der Waals surface area contributed by atoms with Gasteiger partial charge in [-0.25, -0.2) is 13.1 Å². The molecule has 1 saturated carbocycles. The summed E-state index contributed by atoms with van der Waals surface area (Å²) < 4.78 is 25.8. The number of hydrogen-bond acceptors (Lipinski definition) is 4. The van der Waals surface area contributed by atoms with Crippen molar-refractivity contribution in [3.05, 3.63) is 18.2 Å². The van der Waals surface area contributed by atoms with Crippen LogP contribution in [0.3, 0.4) is 0 Å². The molecular formula is C15H25N3O2S. The summed E-state index contributed by atoms with van der Waals surface area (Å²) in [6.07, 6.45) is 4.61. The van der Waals surface area contributed by atoms with E-state index in [0.29, 0.717) is 17.1 Å². The lowest BCUT2D eigenvalue weighted by molar-refractivity contribution is 0.232. The van der Waals surface area contributed by atoms with E-state index in [1.807, 2.05) is 0 Å². The summed E-state index contributed by atoms with van der Waals surface area (Å²) in [5.41, 5.74) is 7.70. The monoisotopic (exact) mass is 311 g/mol. The quantitative estimate of drug-likeness (QED) is 0.746. The molecule has 1 aliphatic carbocycles. The molecule has 1 aliphatic rings. The van der Waals surface area contributed by atoms with Gasteiger partial charge in [0.25, 0.3) is 0 Å². The number of rotatable bonds is 4. The predicted molar refractivity (Wildman–Crippen MR) is 86.8 cm³/mol. The van der Waals surface area contributed by atoms with Crippen LogP contribution < -0.4 is 15.8 Å². The van der Waals surface area contributed by atoms with E-state index >= 15 is 0 Å². The van der Waals surface area contributed by atoms with Crippen molar-refractivity contribution in [2.24, 2.45) is 5.41 Å². The van der Waals surface area contributed by atoms with Crippen LogP contribution in [0.15, 0.2) is 23.1 Å². The summed E-state index contributed by atoms with van der Waals surface area (Å²) in [7, 11) is -2.05. The number of nitrogens with one attached hydrogen (secondary N) is 2. The van der Waals surface area contributed by atoms with E-state index in [1.165, 1.54) is 26.0 Å². The standard InChI is InChI=1S/C15H25N3O2S/c1-15(2)8-6-11(7-9-15)18-14-5-4-12(10-13(14)16)21(19,20)17-3/h4-5,10-11,17-18H,6-9,16H2,1-3H3. The van der Waals surface area contributed by atoms with Gasteiger partial charge in [-0.3, -0.25) is 0 Å². The minimum Gasteiger partial charge on any atom is -0.397 e. The molecule has 4 N–H and O–H groups in total. The Morgan fingerprint density at radius 1 is 1.24 bits per heavy atom. The fourth-order valence-corrected chi connectivity index (χ4v) is 3.49. The molecule has 118 valence electrons. The van der Waals surface area contributed by atoms with Gasteiger partial charge in [0.05, 0.1) is 16.3 Å². The molecule has 0 spiro atoms. The Hall–Kier alpha value is -1.27. The molecule has 1 aromatic rings. The SMILES string of the molecule is CNS(=O)(=O)c1ccc(NC2CCC(C)(C)CC2)c(N)c1. The van der Waals surface area contributed by atoms with E-state index < -0.39 is 10.0 Å². The van der Waals surface area contributed by atoms with Crippen LogP contribution in [0.2, 0.25) is 0 Å². The third kappa shape index (κ3) is 3.89. The molecule has 0 bridgehead atoms. The van der Waals surface area contributed by atoms with E-state index in [1.54, 1.807) is 12.1 Å². The lowest BCUT2D eigenvalue weighted by Gasteiger charge is -2.35. The largest absolute Gasteiger partial charge is 0.397 e. The summed E-state index contributed by atoms with van der Waals surface area (Å²) >= 11 is 0. The lowest BCUT2D eigenvalue weighted by Crippen LogP contribution is -2.30. The molecule has 0 unspecified atom stereocenters. The average Bonchev–Trinajstić information content (AvgIpc) is 2.43. The van der Waals surface area contributed by atoms with Crippen LogP contribution >= 0.6 is 0 Å². The number of nitrogens with two attached hydrogens (primary N) is 1. The topological polar surface area (TPSA) is 84.2 Å². The number of sulfonamides is 1. The second kappa shape index (κ2) is 5.85. The highest BCUT2D eigenvalue weighted by molar-refractivity contribution is 7.89. The summed E-state index contributed by atoms with van der Waals surface area (Å²) in [4.78, 5) is 0.192. The van der Waals surface area contributed by atoms with E-state index in [9.17, 15) is 8.42 Å². The minimum absolute atomic E-state index is 0.192. The average molecular weight is 311 g/mol. The Bertz CT molecular complexity index is 601. The Kier molecular flexibility index (Phi) is 4.49. The van der Waals surface area contributed by atoms with Crippen LogP contribution in [0.1, 0.15) is 39.5 Å². The normalized spacial score (nSPS) is 19.4. The fraction of sp³-hybridized carbons (Fsp3) is 0.600. The first-order valence-electron chi connectivity index (χ1n) is 7.33. The third-order valence-electron chi connectivity index (χ3n) is 4.30. The molecule has 1 fully saturated rings. The van der Waals surface area contributed by atoms with E-state index in [4.69, 9.17) is 5.73 Å². The fourth-order valence-electron chi connectivity index (χ4n) is 2.72. The molecule has 2 rings (SSSR count). The van der Waals surface area contributed by atoms with Crippen LogP contribution in [0.25, 0.3) is 0 Å². The molecule has 0 saturated heterocycles. The van der Waals surface area contributed by atoms with E-state index in [2.05, 4.69) is 23.9 Å². The van der Waals surface area contributed by atoms with Crippen molar-refractivity contribution in [1.82, 2.24) is 4.72 Å². The maximum atomic E-state index is 11.7. The first-order chi connectivity index (χ1) is 9.73. The summed E-state index contributed by atoms with van der Waals surface area (Å²) in [5, 5.41) is 3.44. The van der Waals surface area contributed by atoms with Gasteiger partial charge in [0.2, 0.25) is 10.0 Å². The Morgan fingerprint density at radius 3 is 2.38 bits per heavy atom. The van der Waals surface area contributed by atoms with Gasteiger partial charge in [-0.05, 0) is 56.3 Å². The maximum Gasteiger partial charge on any atom is 0.240 e. The number of benzene rings is 1. The lowest BCUT2D eigenvalue weighted by atomic mass is 9.75. The van der Waals surface area contributed by atoms with Crippen molar-refractivity contribution in [3.8, 4) is 0 Å². The van der Waals surface area contributed by atoms with Gasteiger partial charge in [-0.2, -0.15) is 0 Å². The van der Waals surface area contributed by atoms with Crippen LogP contribution in [0.5, 0.6) is 0 Å². The smallest absolute Gasteiger partial charge is 0.240 e. The molecule has 0 aromatic heterocycles. The van der Waals surface area contributed by atoms with Gasteiger partial charge >= 0.3 is 0 Å². The second-order valence-corrected chi connectivity index (χ2v) is 8.43. The van der Waals surface area contributed by atoms with Gasteiger partial charge in [-0.1, -0.05) is 13.8 Å². The van der Waals surface area contributed by atoms with Gasteiger partial charge in [0.15, 0.2) is 0 Å². The highest BCUT2D eigenvalue weighted by atomic mass is 32.2. The molecular weight excluding hydrogens is 286 g/mol. The number of hydrogen-bond donors (Lipinski definition) is 3. The third-order valence-corrected chi connectivity index (χ3v) is 5.71. The zero-order valence-electron chi connectivity index (χ0n) is 12.9. The van der Waals surface area contributed by atoms with Gasteiger partial charge in [0, 0.05) is 6.04 Å². The molecule has 21 heavy (non-hydrogen) atoms. The Balaban J connectivity index is 2.09. The van der Waals surface area contributed by atoms with Crippen molar-refractivity contribution in [2.75, 3.05) is 18.1 Å². The van der Waals surface area contributed by atoms with Crippen molar-refractivity contribution in [1.29, 1.82) is 0 Å². The Labute approximate surface area is 127 Å². The predicted octanol–water partition coefficient (Wildman–Crippen LogP) is 2.56. The summed E-state index contributed by atoms with van der Waals surface area (Å²) in [6, 6.07) is 5.24. The molecule has 0 amide bonds. The highest BCUT2D eigenvalue weighted by Gasteiger charge is 2.27. The van der Waals surface area contributed by atoms with E-state index in [-0.39, 0.29) is 4.90 Å². The van der Waals surface area contributed by atoms with Crippen molar-refractivity contribution in [3.63, 3.8) is 0 Å². The number of anilines is 2. The summed E-state index contributed by atoms with van der Waals surface area (Å²) in [5.74, 6) is 0. The van der Waals surface area contributed by atoms with Gasteiger partial charge < -0.3 is 11.1 Å². The van der Waals surface area contributed by atoms with E-state index in [0.717, 1.165) is 18.5 Å². The van der Waals surface area contributed by atoms with Crippen LogP contribution in [-0.2, 0) is 10.0 Å². The van der Waals surface area contributed by atoms with Gasteiger partial charge in [0.1, 0.15) is 0 Å².